The van der Waals surface area contributed by atoms with Crippen LogP contribution in [-0.4, -0.2) is 52.6 Å². The Morgan fingerprint density at radius 3 is 1.94 bits per heavy atom. The van der Waals surface area contributed by atoms with Crippen molar-refractivity contribution >= 4 is 17.5 Å². The van der Waals surface area contributed by atoms with Crippen molar-refractivity contribution in [2.75, 3.05) is 26.2 Å². The quantitative estimate of drug-likeness (QED) is 0.499. The zero-order chi connectivity index (χ0) is 25.6. The van der Waals surface area contributed by atoms with Gasteiger partial charge in [0.25, 0.3) is 11.4 Å². The van der Waals surface area contributed by atoms with E-state index in [0.717, 1.165) is 48.2 Å². The molecule has 1 N–H and O–H groups in total. The molecule has 35 heavy (non-hydrogen) atoms. The predicted octanol–water partition coefficient (Wildman–Crippen LogP) is 4.21. The van der Waals surface area contributed by atoms with Gasteiger partial charge < -0.3 is 15.0 Å². The number of nitro benzene ring substituents is 2. The molecule has 0 radical (unpaired) electrons. The number of ether oxygens (including phenoxy) is 1. The SMILES string of the molecule is CC(C)(C)OC(=O)N1CCc2cccc([N+](=O)[O-])c2CC1.O=[N+]([O-])c1cccc2c1CCNCC2. The third kappa shape index (κ3) is 6.98. The number of nitrogens with zero attached hydrogens (tertiary/aromatic N) is 3. The second kappa shape index (κ2) is 11.3. The molecule has 10 nitrogen and oxygen atoms in total. The molecule has 10 heteroatoms. The zero-order valence-corrected chi connectivity index (χ0v) is 20.4. The van der Waals surface area contributed by atoms with Crippen LogP contribution in [0.5, 0.6) is 0 Å². The van der Waals surface area contributed by atoms with Gasteiger partial charge in [0.15, 0.2) is 0 Å². The van der Waals surface area contributed by atoms with Gasteiger partial charge in [0.2, 0.25) is 0 Å². The molecule has 188 valence electrons. The smallest absolute Gasteiger partial charge is 0.410 e. The van der Waals surface area contributed by atoms with Gasteiger partial charge in [-0.15, -0.1) is 0 Å². The highest BCUT2D eigenvalue weighted by Gasteiger charge is 2.27. The molecule has 2 aliphatic heterocycles. The summed E-state index contributed by atoms with van der Waals surface area (Å²) >= 11 is 0. The maximum absolute atomic E-state index is 12.1. The van der Waals surface area contributed by atoms with Crippen LogP contribution < -0.4 is 5.32 Å². The van der Waals surface area contributed by atoms with Crippen LogP contribution in [0.2, 0.25) is 0 Å². The number of hydrogen-bond acceptors (Lipinski definition) is 7. The van der Waals surface area contributed by atoms with Gasteiger partial charge in [0, 0.05) is 36.3 Å². The lowest BCUT2D eigenvalue weighted by molar-refractivity contribution is -0.385. The summed E-state index contributed by atoms with van der Waals surface area (Å²) in [5.41, 5.74) is 3.56. The van der Waals surface area contributed by atoms with Crippen LogP contribution in [0, 0.1) is 20.2 Å². The molecule has 0 fully saturated rings. The first-order valence-electron chi connectivity index (χ1n) is 11.8. The summed E-state index contributed by atoms with van der Waals surface area (Å²) in [5, 5.41) is 25.1. The Labute approximate surface area is 204 Å². The first-order chi connectivity index (χ1) is 16.6. The lowest BCUT2D eigenvalue weighted by Gasteiger charge is -2.26. The predicted molar refractivity (Wildman–Crippen MR) is 132 cm³/mol. The summed E-state index contributed by atoms with van der Waals surface area (Å²) in [6, 6.07) is 10.4. The lowest BCUT2D eigenvalue weighted by atomic mass is 10.0. The van der Waals surface area contributed by atoms with E-state index in [1.54, 1.807) is 23.1 Å². The van der Waals surface area contributed by atoms with Crippen molar-refractivity contribution in [3.05, 3.63) is 78.9 Å². The first-order valence-corrected chi connectivity index (χ1v) is 11.8. The highest BCUT2D eigenvalue weighted by Crippen LogP contribution is 2.26. The fourth-order valence-electron chi connectivity index (χ4n) is 4.31. The van der Waals surface area contributed by atoms with Crippen LogP contribution in [0.25, 0.3) is 0 Å². The monoisotopic (exact) mass is 484 g/mol. The van der Waals surface area contributed by atoms with Gasteiger partial charge >= 0.3 is 6.09 Å². The van der Waals surface area contributed by atoms with Crippen LogP contribution in [0.15, 0.2) is 36.4 Å². The molecule has 2 heterocycles. The molecule has 2 aromatic rings. The Kier molecular flexibility index (Phi) is 8.39. The molecule has 1 amide bonds. The molecule has 4 rings (SSSR count). The molecule has 0 bridgehead atoms. The molecule has 0 atom stereocenters. The highest BCUT2D eigenvalue weighted by atomic mass is 16.6. The summed E-state index contributed by atoms with van der Waals surface area (Å²) in [7, 11) is 0. The minimum atomic E-state index is -0.539. The van der Waals surface area contributed by atoms with Crippen LogP contribution in [0.1, 0.15) is 43.0 Å². The lowest BCUT2D eigenvalue weighted by Crippen LogP contribution is -2.38. The molecule has 0 aromatic heterocycles. The maximum Gasteiger partial charge on any atom is 0.410 e. The standard InChI is InChI=1S/C15H20N2O4.C10H12N2O2/c1-15(2,3)21-14(18)16-9-7-11-5-4-6-13(17(19)20)12(11)8-10-16;13-12(14)10-3-1-2-8-4-6-11-7-5-9(8)10/h4-6H,7-10H2,1-3H3;1-3,11H,4-7H2. The molecular weight excluding hydrogens is 452 g/mol. The molecular formula is C25H32N4O6. The van der Waals surface area contributed by atoms with E-state index < -0.39 is 5.60 Å². The summed E-state index contributed by atoms with van der Waals surface area (Å²) in [6.07, 6.45) is 2.36. The molecule has 0 spiro atoms. The summed E-state index contributed by atoms with van der Waals surface area (Å²) in [4.78, 5) is 34.9. The van der Waals surface area contributed by atoms with Crippen LogP contribution >= 0.6 is 0 Å². The number of nitro groups is 2. The van der Waals surface area contributed by atoms with Crippen molar-refractivity contribution in [3.63, 3.8) is 0 Å². The Morgan fingerprint density at radius 2 is 1.37 bits per heavy atom. The van der Waals surface area contributed by atoms with Gasteiger partial charge in [0.05, 0.1) is 9.85 Å². The topological polar surface area (TPSA) is 128 Å². The van der Waals surface area contributed by atoms with Gasteiger partial charge in [0.1, 0.15) is 5.60 Å². The van der Waals surface area contributed by atoms with Crippen molar-refractivity contribution in [3.8, 4) is 0 Å². The third-order valence-corrected chi connectivity index (χ3v) is 5.95. The zero-order valence-electron chi connectivity index (χ0n) is 20.4. The minimum Gasteiger partial charge on any atom is -0.444 e. The Hall–Kier alpha value is -3.53. The number of carbonyl (C=O) groups is 1. The van der Waals surface area contributed by atoms with Gasteiger partial charge in [-0.2, -0.15) is 0 Å². The van der Waals surface area contributed by atoms with E-state index in [1.807, 2.05) is 32.9 Å². The molecule has 0 unspecified atom stereocenters. The van der Waals surface area contributed by atoms with E-state index in [9.17, 15) is 25.0 Å². The number of rotatable bonds is 2. The van der Waals surface area contributed by atoms with Crippen molar-refractivity contribution in [1.29, 1.82) is 0 Å². The van der Waals surface area contributed by atoms with Crippen molar-refractivity contribution in [2.24, 2.45) is 0 Å². The average molecular weight is 485 g/mol. The number of carbonyl (C=O) groups excluding carboxylic acids is 1. The van der Waals surface area contributed by atoms with Crippen molar-refractivity contribution < 1.29 is 19.4 Å². The number of amides is 1. The van der Waals surface area contributed by atoms with Crippen molar-refractivity contribution in [2.45, 2.75) is 52.1 Å². The van der Waals surface area contributed by atoms with E-state index in [0.29, 0.717) is 25.9 Å². The number of nitrogens with one attached hydrogen (secondary N) is 1. The highest BCUT2D eigenvalue weighted by molar-refractivity contribution is 5.68. The van der Waals surface area contributed by atoms with E-state index in [4.69, 9.17) is 4.74 Å². The Morgan fingerprint density at radius 1 is 0.857 bits per heavy atom. The second-order valence-electron chi connectivity index (χ2n) is 9.56. The molecule has 2 aliphatic rings. The fourth-order valence-corrected chi connectivity index (χ4v) is 4.31. The third-order valence-electron chi connectivity index (χ3n) is 5.95. The second-order valence-corrected chi connectivity index (χ2v) is 9.56. The van der Waals surface area contributed by atoms with Crippen LogP contribution in [-0.2, 0) is 30.4 Å². The summed E-state index contributed by atoms with van der Waals surface area (Å²) in [6.45, 7) is 8.16. The maximum atomic E-state index is 12.1. The van der Waals surface area contributed by atoms with E-state index in [-0.39, 0.29) is 27.3 Å². The minimum absolute atomic E-state index is 0.138. The van der Waals surface area contributed by atoms with E-state index in [1.165, 1.54) is 6.07 Å². The Balaban J connectivity index is 0.000000211. The van der Waals surface area contributed by atoms with Gasteiger partial charge in [-0.05, 0) is 70.7 Å². The summed E-state index contributed by atoms with van der Waals surface area (Å²) < 4.78 is 5.36. The van der Waals surface area contributed by atoms with Crippen molar-refractivity contribution in [1.82, 2.24) is 10.2 Å². The van der Waals surface area contributed by atoms with Gasteiger partial charge in [-0.3, -0.25) is 20.2 Å². The molecule has 0 saturated carbocycles. The molecule has 0 aliphatic carbocycles. The average Bonchev–Trinajstić information content (AvgIpc) is 3.16. The largest absolute Gasteiger partial charge is 0.444 e. The van der Waals surface area contributed by atoms with E-state index >= 15 is 0 Å². The Bertz CT molecular complexity index is 1100. The molecule has 0 saturated heterocycles. The number of fused-ring (bicyclic) bond motifs is 2. The fraction of sp³-hybridized carbons (Fsp3) is 0.480. The van der Waals surface area contributed by atoms with E-state index in [2.05, 4.69) is 5.32 Å². The normalized spacial score (nSPS) is 15.3. The van der Waals surface area contributed by atoms with Crippen LogP contribution in [0.3, 0.4) is 0 Å². The number of benzene rings is 2. The first kappa shape index (κ1) is 26.1. The number of hydrogen-bond donors (Lipinski definition) is 1. The van der Waals surface area contributed by atoms with Gasteiger partial charge in [-0.25, -0.2) is 4.79 Å². The van der Waals surface area contributed by atoms with Gasteiger partial charge in [-0.1, -0.05) is 24.3 Å². The molecule has 2 aromatic carbocycles. The van der Waals surface area contributed by atoms with Crippen LogP contribution in [0.4, 0.5) is 16.2 Å². The summed E-state index contributed by atoms with van der Waals surface area (Å²) in [5.74, 6) is 0.